The van der Waals surface area contributed by atoms with E-state index < -0.39 is 6.04 Å². The maximum atomic E-state index is 12.9. The molecular formula is C20H19N3O3S2. The highest BCUT2D eigenvalue weighted by Crippen LogP contribution is 2.25. The zero-order chi connectivity index (χ0) is 19.5. The number of hydrogen-bond donors (Lipinski definition) is 1. The quantitative estimate of drug-likeness (QED) is 0.694. The third kappa shape index (κ3) is 4.14. The molecule has 1 N–H and O–H groups in total. The van der Waals surface area contributed by atoms with E-state index in [4.69, 9.17) is 4.74 Å². The fourth-order valence-electron chi connectivity index (χ4n) is 3.07. The van der Waals surface area contributed by atoms with Crippen molar-refractivity contribution in [2.75, 3.05) is 18.5 Å². The molecule has 8 heteroatoms. The number of rotatable bonds is 5. The average Bonchev–Trinajstić information content (AvgIpc) is 3.35. The normalized spacial score (nSPS) is 17.0. The minimum absolute atomic E-state index is 0.00775. The van der Waals surface area contributed by atoms with Crippen molar-refractivity contribution < 1.29 is 14.3 Å². The van der Waals surface area contributed by atoms with E-state index in [0.29, 0.717) is 12.2 Å². The summed E-state index contributed by atoms with van der Waals surface area (Å²) in [5.74, 6) is -0.428. The van der Waals surface area contributed by atoms with E-state index in [-0.39, 0.29) is 25.0 Å². The number of nitrogens with zero attached hydrogens (tertiary/aromatic N) is 2. The molecule has 2 aromatic heterocycles. The fraction of sp³-hybridized carbons (Fsp3) is 0.250. The lowest BCUT2D eigenvalue weighted by Crippen LogP contribution is -2.54. The third-order valence-corrected chi connectivity index (χ3v) is 6.09. The fourth-order valence-corrected chi connectivity index (χ4v) is 4.39. The Bertz CT molecular complexity index is 984. The van der Waals surface area contributed by atoms with Crippen LogP contribution in [-0.2, 0) is 20.9 Å². The van der Waals surface area contributed by atoms with Crippen molar-refractivity contribution in [1.82, 2.24) is 9.88 Å². The molecule has 2 amide bonds. The van der Waals surface area contributed by atoms with E-state index >= 15 is 0 Å². The number of hydrogen-bond acceptors (Lipinski definition) is 6. The van der Waals surface area contributed by atoms with Crippen molar-refractivity contribution in [3.63, 3.8) is 0 Å². The number of carbonyl (C=O) groups excluding carboxylic acids is 2. The summed E-state index contributed by atoms with van der Waals surface area (Å²) in [7, 11) is 0. The van der Waals surface area contributed by atoms with Crippen molar-refractivity contribution in [2.45, 2.75) is 19.5 Å². The van der Waals surface area contributed by atoms with Gasteiger partial charge in [-0.3, -0.25) is 9.59 Å². The van der Waals surface area contributed by atoms with Crippen molar-refractivity contribution in [1.29, 1.82) is 0 Å². The van der Waals surface area contributed by atoms with Gasteiger partial charge < -0.3 is 15.0 Å². The van der Waals surface area contributed by atoms with Crippen LogP contribution in [0.5, 0.6) is 0 Å². The minimum atomic E-state index is -0.659. The van der Waals surface area contributed by atoms with E-state index in [2.05, 4.69) is 10.3 Å². The van der Waals surface area contributed by atoms with Gasteiger partial charge in [0, 0.05) is 21.5 Å². The van der Waals surface area contributed by atoms with Gasteiger partial charge in [0.1, 0.15) is 12.6 Å². The molecule has 28 heavy (non-hydrogen) atoms. The number of anilines is 1. The highest BCUT2D eigenvalue weighted by atomic mass is 32.1. The van der Waals surface area contributed by atoms with E-state index in [9.17, 15) is 9.59 Å². The molecule has 4 rings (SSSR count). The first-order chi connectivity index (χ1) is 13.6. The number of amides is 2. The first-order valence-corrected chi connectivity index (χ1v) is 10.6. The second kappa shape index (κ2) is 8.22. The Labute approximate surface area is 170 Å². The molecule has 1 aliphatic heterocycles. The molecule has 1 aliphatic rings. The standard InChI is InChI=1S/C20H19N3O3S2/c1-13-21-17(12-28-13)14-4-2-5-15(8-14)22-20(25)18-10-26-11-19(24)23(18)9-16-6-3-7-27-16/h2-8,12,18H,9-11H2,1H3,(H,22,25). The summed E-state index contributed by atoms with van der Waals surface area (Å²) in [6.07, 6.45) is 0. The van der Waals surface area contributed by atoms with Crippen LogP contribution in [0.4, 0.5) is 5.69 Å². The molecule has 0 saturated carbocycles. The highest BCUT2D eigenvalue weighted by molar-refractivity contribution is 7.10. The average molecular weight is 414 g/mol. The van der Waals surface area contributed by atoms with Crippen LogP contribution >= 0.6 is 22.7 Å². The Morgan fingerprint density at radius 2 is 2.21 bits per heavy atom. The summed E-state index contributed by atoms with van der Waals surface area (Å²) in [6.45, 7) is 2.57. The van der Waals surface area contributed by atoms with Gasteiger partial charge in [0.15, 0.2) is 0 Å². The minimum Gasteiger partial charge on any atom is -0.369 e. The van der Waals surface area contributed by atoms with E-state index in [1.165, 1.54) is 0 Å². The Balaban J connectivity index is 1.51. The molecule has 6 nitrogen and oxygen atoms in total. The van der Waals surface area contributed by atoms with Crippen LogP contribution in [0.1, 0.15) is 9.88 Å². The van der Waals surface area contributed by atoms with Crippen LogP contribution in [0.3, 0.4) is 0 Å². The van der Waals surface area contributed by atoms with Gasteiger partial charge >= 0.3 is 0 Å². The summed E-state index contributed by atoms with van der Waals surface area (Å²) in [5.41, 5.74) is 2.49. The number of morpholine rings is 1. The lowest BCUT2D eigenvalue weighted by atomic mass is 10.1. The zero-order valence-corrected chi connectivity index (χ0v) is 16.9. The maximum Gasteiger partial charge on any atom is 0.249 e. The number of aryl methyl sites for hydroxylation is 1. The summed E-state index contributed by atoms with van der Waals surface area (Å²) in [5, 5.41) is 7.87. The molecule has 0 bridgehead atoms. The molecule has 0 radical (unpaired) electrons. The summed E-state index contributed by atoms with van der Waals surface area (Å²) >= 11 is 3.15. The summed E-state index contributed by atoms with van der Waals surface area (Å²) in [4.78, 5) is 32.4. The molecule has 1 unspecified atom stereocenters. The molecule has 1 saturated heterocycles. The largest absolute Gasteiger partial charge is 0.369 e. The Hall–Kier alpha value is -2.55. The van der Waals surface area contributed by atoms with Gasteiger partial charge in [-0.1, -0.05) is 18.2 Å². The van der Waals surface area contributed by atoms with Crippen LogP contribution in [0.2, 0.25) is 0 Å². The Kier molecular flexibility index (Phi) is 5.52. The summed E-state index contributed by atoms with van der Waals surface area (Å²) < 4.78 is 5.34. The van der Waals surface area contributed by atoms with Crippen LogP contribution < -0.4 is 5.32 Å². The van der Waals surface area contributed by atoms with Gasteiger partial charge in [-0.25, -0.2) is 4.98 Å². The third-order valence-electron chi connectivity index (χ3n) is 4.45. The Morgan fingerprint density at radius 3 is 2.96 bits per heavy atom. The van der Waals surface area contributed by atoms with Crippen molar-refractivity contribution in [2.24, 2.45) is 0 Å². The topological polar surface area (TPSA) is 71.5 Å². The number of aromatic nitrogens is 1. The van der Waals surface area contributed by atoms with Gasteiger partial charge in [0.2, 0.25) is 11.8 Å². The van der Waals surface area contributed by atoms with Crippen LogP contribution in [0.15, 0.2) is 47.2 Å². The van der Waals surface area contributed by atoms with E-state index in [0.717, 1.165) is 21.1 Å². The predicted molar refractivity (Wildman–Crippen MR) is 110 cm³/mol. The SMILES string of the molecule is Cc1nc(-c2cccc(NC(=O)C3COCC(=O)N3Cc3cccs3)c2)cs1. The summed E-state index contributed by atoms with van der Waals surface area (Å²) in [6, 6.07) is 10.8. The number of carbonyl (C=O) groups is 2. The second-order valence-corrected chi connectivity index (χ2v) is 8.55. The molecule has 1 aromatic carbocycles. The molecule has 144 valence electrons. The van der Waals surface area contributed by atoms with Crippen molar-refractivity contribution in [3.05, 3.63) is 57.0 Å². The lowest BCUT2D eigenvalue weighted by Gasteiger charge is -2.34. The first kappa shape index (κ1) is 18.8. The molecular weight excluding hydrogens is 394 g/mol. The first-order valence-electron chi connectivity index (χ1n) is 8.83. The van der Waals surface area contributed by atoms with Gasteiger partial charge in [0.05, 0.1) is 23.9 Å². The smallest absolute Gasteiger partial charge is 0.249 e. The van der Waals surface area contributed by atoms with Gasteiger partial charge in [-0.05, 0) is 30.5 Å². The number of thiophene rings is 1. The highest BCUT2D eigenvalue weighted by Gasteiger charge is 2.34. The zero-order valence-electron chi connectivity index (χ0n) is 15.3. The molecule has 3 heterocycles. The number of thiazole rings is 1. The van der Waals surface area contributed by atoms with E-state index in [1.807, 2.05) is 54.1 Å². The predicted octanol–water partition coefficient (Wildman–Crippen LogP) is 3.55. The van der Waals surface area contributed by atoms with Crippen LogP contribution in [0.25, 0.3) is 11.3 Å². The van der Waals surface area contributed by atoms with Crippen LogP contribution in [0, 0.1) is 6.92 Å². The number of ether oxygens (including phenoxy) is 1. The maximum absolute atomic E-state index is 12.9. The Morgan fingerprint density at radius 1 is 1.32 bits per heavy atom. The number of nitrogens with one attached hydrogen (secondary N) is 1. The van der Waals surface area contributed by atoms with Crippen LogP contribution in [-0.4, -0.2) is 41.0 Å². The molecule has 1 fully saturated rings. The monoisotopic (exact) mass is 413 g/mol. The molecule has 3 aromatic rings. The number of benzene rings is 1. The van der Waals surface area contributed by atoms with Crippen molar-refractivity contribution in [3.8, 4) is 11.3 Å². The van der Waals surface area contributed by atoms with E-state index in [1.54, 1.807) is 27.6 Å². The van der Waals surface area contributed by atoms with Gasteiger partial charge in [-0.15, -0.1) is 22.7 Å². The lowest BCUT2D eigenvalue weighted by molar-refractivity contribution is -0.153. The van der Waals surface area contributed by atoms with Crippen molar-refractivity contribution >= 4 is 40.2 Å². The molecule has 1 atom stereocenters. The van der Waals surface area contributed by atoms with Gasteiger partial charge in [0.25, 0.3) is 0 Å². The molecule has 0 spiro atoms. The second-order valence-electron chi connectivity index (χ2n) is 6.45. The van der Waals surface area contributed by atoms with Gasteiger partial charge in [-0.2, -0.15) is 0 Å². The molecule has 0 aliphatic carbocycles.